The van der Waals surface area contributed by atoms with E-state index in [0.29, 0.717) is 0 Å². The predicted molar refractivity (Wildman–Crippen MR) is 245 cm³/mol. The Kier molecular flexibility index (Phi) is 10.3. The molecule has 0 aliphatic rings. The normalized spacial score (nSPS) is 11.2. The van der Waals surface area contributed by atoms with Gasteiger partial charge in [-0.3, -0.25) is 8.80 Å². The minimum atomic E-state index is 0. The zero-order valence-electron chi connectivity index (χ0n) is 33.1. The molecule has 12 aromatic rings. The number of hydrogen-bond donors (Lipinski definition) is 2. The lowest BCUT2D eigenvalue weighted by Crippen LogP contribution is -1.92. The van der Waals surface area contributed by atoms with Gasteiger partial charge in [-0.15, -0.1) is 0 Å². The van der Waals surface area contributed by atoms with Gasteiger partial charge in [0.05, 0.1) is 22.1 Å². The molecule has 296 valence electrons. The monoisotopic (exact) mass is 770 g/mol. The van der Waals surface area contributed by atoms with Gasteiger partial charge < -0.3 is 28.2 Å². The van der Waals surface area contributed by atoms with Gasteiger partial charge in [0.25, 0.3) is 0 Å². The highest BCUT2D eigenvalue weighted by Gasteiger charge is 2.14. The Labute approximate surface area is 338 Å². The second kappa shape index (κ2) is 15.2. The number of pyridine rings is 2. The number of aromatic nitrogens is 10. The van der Waals surface area contributed by atoms with Crippen LogP contribution in [0.2, 0.25) is 0 Å². The van der Waals surface area contributed by atoms with Crippen molar-refractivity contribution in [1.82, 2.24) is 47.0 Å². The van der Waals surface area contributed by atoms with E-state index in [2.05, 4.69) is 157 Å². The van der Waals surface area contributed by atoms with E-state index in [-0.39, 0.29) is 14.9 Å². The molecule has 0 saturated heterocycles. The first-order valence-corrected chi connectivity index (χ1v) is 18.9. The van der Waals surface area contributed by atoms with Gasteiger partial charge in [0.1, 0.15) is 22.3 Å². The molecule has 10 heterocycles. The lowest BCUT2D eigenvalue weighted by Gasteiger charge is -2.00. The summed E-state index contributed by atoms with van der Waals surface area (Å²) in [5.74, 6) is 0. The fraction of sp³-hybridized carbons (Fsp3) is 0.208. The van der Waals surface area contributed by atoms with Crippen LogP contribution in [-0.2, 0) is 28.2 Å². The highest BCUT2D eigenvalue weighted by Crippen LogP contribution is 2.32. The maximum atomic E-state index is 4.51. The zero-order valence-corrected chi connectivity index (χ0v) is 33.1. The third-order valence-corrected chi connectivity index (χ3v) is 11.4. The molecular formula is C48H54N10. The maximum absolute atomic E-state index is 4.51. The molecule has 0 spiro atoms. The number of aromatic amines is 2. The molecule has 0 atom stereocenters. The average Bonchev–Trinajstić information content (AvgIpc) is 4.10. The number of H-pyrrole nitrogens is 2. The Balaban J connectivity index is 0.000000117. The molecule has 58 heavy (non-hydrogen) atoms. The molecule has 0 aliphatic heterocycles. The van der Waals surface area contributed by atoms with Crippen molar-refractivity contribution in [2.24, 2.45) is 28.2 Å². The standard InChI is InChI=1S/2C13H14N2.2C10H9N3.2CH4/c1-9-13-11(8-14(9)2)10-6-4-5-7-12(10)15(13)3;1-9-13-10-6-4-5-7-11(10)15(3)12(13)8-14(9)2;1-7-10-8(6-11-7)13-5-3-2-4-9(13)12-10;1-7-10-8(6-11-7)12-9-4-2-3-5-13(9)10;;/h2*4-8H,1-3H3;2*2-6,11H,1H3;2*1H4. The smallest absolute Gasteiger partial charge is 0.138 e. The largest absolute Gasteiger partial charge is 0.362 e. The van der Waals surface area contributed by atoms with Crippen molar-refractivity contribution in [1.29, 1.82) is 0 Å². The Morgan fingerprint density at radius 3 is 1.79 bits per heavy atom. The number of nitrogens with one attached hydrogen (secondary N) is 2. The number of para-hydroxylation sites is 2. The van der Waals surface area contributed by atoms with Crippen LogP contribution in [0.3, 0.4) is 0 Å². The van der Waals surface area contributed by atoms with Crippen LogP contribution in [0, 0.1) is 27.7 Å². The van der Waals surface area contributed by atoms with Crippen LogP contribution >= 0.6 is 0 Å². The lowest BCUT2D eigenvalue weighted by molar-refractivity contribution is 0.877. The number of fused-ring (bicyclic) bond motifs is 12. The van der Waals surface area contributed by atoms with E-state index in [1.165, 1.54) is 60.5 Å². The molecule has 10 nitrogen and oxygen atoms in total. The quantitative estimate of drug-likeness (QED) is 0.161. The number of imidazole rings is 2. The van der Waals surface area contributed by atoms with E-state index in [9.17, 15) is 0 Å². The highest BCUT2D eigenvalue weighted by atomic mass is 15.0. The minimum Gasteiger partial charge on any atom is -0.362 e. The van der Waals surface area contributed by atoms with E-state index in [1.807, 2.05) is 68.1 Å². The van der Waals surface area contributed by atoms with Gasteiger partial charge in [-0.25, -0.2) is 9.97 Å². The summed E-state index contributed by atoms with van der Waals surface area (Å²) < 4.78 is 13.1. The third kappa shape index (κ3) is 6.21. The van der Waals surface area contributed by atoms with Crippen LogP contribution in [0.25, 0.3) is 77.0 Å². The van der Waals surface area contributed by atoms with Gasteiger partial charge in [-0.1, -0.05) is 63.4 Å². The minimum absolute atomic E-state index is 0. The van der Waals surface area contributed by atoms with Crippen LogP contribution in [0.4, 0.5) is 0 Å². The van der Waals surface area contributed by atoms with Gasteiger partial charge >= 0.3 is 0 Å². The average molecular weight is 771 g/mol. The summed E-state index contributed by atoms with van der Waals surface area (Å²) in [6.45, 7) is 8.44. The van der Waals surface area contributed by atoms with Crippen molar-refractivity contribution in [3.8, 4) is 0 Å². The summed E-state index contributed by atoms with van der Waals surface area (Å²) in [5, 5.41) is 5.44. The van der Waals surface area contributed by atoms with E-state index in [4.69, 9.17) is 0 Å². The number of benzene rings is 2. The van der Waals surface area contributed by atoms with Crippen LogP contribution < -0.4 is 0 Å². The summed E-state index contributed by atoms with van der Waals surface area (Å²) in [6, 6.07) is 29.2. The molecule has 2 aromatic carbocycles. The third-order valence-electron chi connectivity index (χ3n) is 11.4. The van der Waals surface area contributed by atoms with Crippen molar-refractivity contribution in [2.75, 3.05) is 0 Å². The SMILES string of the molecule is C.C.Cc1[nH]cc2c1nc1ccccn12.Cc1[nH]cc2nc3ccccn3c12.Cc1c2c(cn1C)c1ccccc1n2C.Cc1c2c3ccccc3n(C)c2cn1C. The zero-order chi connectivity index (χ0) is 38.8. The summed E-state index contributed by atoms with van der Waals surface area (Å²) >= 11 is 0. The highest BCUT2D eigenvalue weighted by molar-refractivity contribution is 6.10. The fourth-order valence-electron chi connectivity index (χ4n) is 8.26. The van der Waals surface area contributed by atoms with Crippen molar-refractivity contribution < 1.29 is 0 Å². The summed E-state index contributed by atoms with van der Waals surface area (Å²) in [4.78, 5) is 15.3. The predicted octanol–water partition coefficient (Wildman–Crippen LogP) is 11.5. The van der Waals surface area contributed by atoms with Crippen molar-refractivity contribution in [3.05, 3.63) is 145 Å². The number of rotatable bonds is 0. The molecule has 2 N–H and O–H groups in total. The van der Waals surface area contributed by atoms with Crippen LogP contribution in [0.5, 0.6) is 0 Å². The van der Waals surface area contributed by atoms with Gasteiger partial charge in [0, 0.05) is 121 Å². The number of nitrogens with zero attached hydrogens (tertiary/aromatic N) is 8. The first kappa shape index (κ1) is 39.3. The second-order valence-electron chi connectivity index (χ2n) is 14.7. The summed E-state index contributed by atoms with van der Waals surface area (Å²) in [7, 11) is 8.47. The molecule has 12 rings (SSSR count). The number of aryl methyl sites for hydroxylation is 8. The molecule has 0 unspecified atom stereocenters. The van der Waals surface area contributed by atoms with E-state index in [1.54, 1.807) is 0 Å². The molecule has 0 amide bonds. The van der Waals surface area contributed by atoms with E-state index < -0.39 is 0 Å². The van der Waals surface area contributed by atoms with Crippen molar-refractivity contribution in [2.45, 2.75) is 42.5 Å². The molecule has 0 fully saturated rings. The Hall–Kier alpha value is -6.94. The van der Waals surface area contributed by atoms with E-state index >= 15 is 0 Å². The van der Waals surface area contributed by atoms with Crippen molar-refractivity contribution in [3.63, 3.8) is 0 Å². The van der Waals surface area contributed by atoms with Gasteiger partial charge in [0.15, 0.2) is 0 Å². The Morgan fingerprint density at radius 2 is 1.07 bits per heavy atom. The molecule has 0 bridgehead atoms. The molecule has 10 heteroatoms. The van der Waals surface area contributed by atoms with Gasteiger partial charge in [0.2, 0.25) is 0 Å². The van der Waals surface area contributed by atoms with Gasteiger partial charge in [-0.05, 0) is 64.1 Å². The summed E-state index contributed by atoms with van der Waals surface area (Å²) in [5.41, 5.74) is 16.7. The van der Waals surface area contributed by atoms with Gasteiger partial charge in [-0.2, -0.15) is 0 Å². The molecule has 10 aromatic heterocycles. The molecule has 0 radical (unpaired) electrons. The van der Waals surface area contributed by atoms with Crippen LogP contribution in [-0.4, -0.2) is 47.0 Å². The first-order chi connectivity index (χ1) is 27.1. The molecule has 0 aliphatic carbocycles. The fourth-order valence-corrected chi connectivity index (χ4v) is 8.26. The van der Waals surface area contributed by atoms with E-state index in [0.717, 1.165) is 39.2 Å². The molecular weight excluding hydrogens is 717 g/mol. The maximum Gasteiger partial charge on any atom is 0.138 e. The van der Waals surface area contributed by atoms with Crippen LogP contribution in [0.1, 0.15) is 37.6 Å². The lowest BCUT2D eigenvalue weighted by atomic mass is 10.2. The topological polar surface area (TPSA) is 85.9 Å². The number of hydrogen-bond acceptors (Lipinski definition) is 2. The molecule has 0 saturated carbocycles. The Morgan fingerprint density at radius 1 is 0.483 bits per heavy atom. The van der Waals surface area contributed by atoms with Crippen LogP contribution in [0.15, 0.2) is 122 Å². The first-order valence-electron chi connectivity index (χ1n) is 18.9. The second-order valence-corrected chi connectivity index (χ2v) is 14.7. The van der Waals surface area contributed by atoms with Crippen molar-refractivity contribution >= 4 is 77.0 Å². The summed E-state index contributed by atoms with van der Waals surface area (Å²) in [6.07, 6.45) is 12.4. The Bertz CT molecular complexity index is 3350.